The van der Waals surface area contributed by atoms with E-state index in [4.69, 9.17) is 0 Å². The van der Waals surface area contributed by atoms with Crippen LogP contribution >= 0.6 is 0 Å². The highest BCUT2D eigenvalue weighted by Gasteiger charge is 2.05. The van der Waals surface area contributed by atoms with Crippen molar-refractivity contribution < 1.29 is 0 Å². The molecule has 0 radical (unpaired) electrons. The predicted octanol–water partition coefficient (Wildman–Crippen LogP) is 3.14. The first-order valence-electron chi connectivity index (χ1n) is 3.94. The number of hydrogen-bond donors (Lipinski definition) is 0. The van der Waals surface area contributed by atoms with E-state index >= 15 is 0 Å². The van der Waals surface area contributed by atoms with E-state index in [-0.39, 0.29) is 0 Å². The number of rotatable bonds is 0. The summed E-state index contributed by atoms with van der Waals surface area (Å²) in [6.07, 6.45) is 7.87. The fourth-order valence-electron chi connectivity index (χ4n) is 1.55. The predicted molar refractivity (Wildman–Crippen MR) is 41.4 cm³/mol. The second kappa shape index (κ2) is 3.05. The van der Waals surface area contributed by atoms with Gasteiger partial charge in [-0.25, -0.2) is 0 Å². The second-order valence-corrected chi connectivity index (χ2v) is 3.29. The number of hydrogen-bond acceptors (Lipinski definition) is 0. The van der Waals surface area contributed by atoms with Gasteiger partial charge in [-0.2, -0.15) is 0 Å². The zero-order valence-electron chi connectivity index (χ0n) is 6.48. The minimum atomic E-state index is 0.934. The summed E-state index contributed by atoms with van der Waals surface area (Å²) in [7, 11) is 0. The van der Waals surface area contributed by atoms with E-state index in [0.29, 0.717) is 0 Å². The van der Waals surface area contributed by atoms with Gasteiger partial charge in [0.2, 0.25) is 0 Å². The monoisotopic (exact) mass is 124 g/mol. The first kappa shape index (κ1) is 6.85. The highest BCUT2D eigenvalue weighted by Crippen LogP contribution is 2.21. The Hall–Kier alpha value is -0.260. The van der Waals surface area contributed by atoms with Crippen molar-refractivity contribution in [2.45, 2.75) is 39.5 Å². The van der Waals surface area contributed by atoms with Crippen molar-refractivity contribution >= 4 is 0 Å². The molecule has 1 atom stereocenters. The molecular formula is C9H16. The molecule has 0 saturated carbocycles. The maximum Gasteiger partial charge on any atom is -0.0297 e. The van der Waals surface area contributed by atoms with Gasteiger partial charge in [-0.15, -0.1) is 0 Å². The van der Waals surface area contributed by atoms with Gasteiger partial charge in [0.1, 0.15) is 0 Å². The normalized spacial score (nSPS) is 29.1. The lowest BCUT2D eigenvalue weighted by Gasteiger charge is -2.05. The van der Waals surface area contributed by atoms with Crippen molar-refractivity contribution in [3.05, 3.63) is 11.6 Å². The average molecular weight is 124 g/mol. The van der Waals surface area contributed by atoms with Crippen LogP contribution in [0.15, 0.2) is 11.6 Å². The third kappa shape index (κ3) is 2.21. The molecule has 0 spiro atoms. The first-order valence-corrected chi connectivity index (χ1v) is 3.94. The van der Waals surface area contributed by atoms with Gasteiger partial charge in [-0.3, -0.25) is 0 Å². The quantitative estimate of drug-likeness (QED) is 0.435. The molecule has 1 aliphatic rings. The Bertz CT molecular complexity index is 111. The summed E-state index contributed by atoms with van der Waals surface area (Å²) in [6, 6.07) is 0. The molecule has 52 valence electrons. The van der Waals surface area contributed by atoms with Crippen molar-refractivity contribution in [1.29, 1.82) is 0 Å². The topological polar surface area (TPSA) is 0 Å². The maximum absolute atomic E-state index is 2.39. The molecule has 0 heterocycles. The molecule has 0 heteroatoms. The maximum atomic E-state index is 2.39. The molecule has 0 saturated heterocycles. The molecule has 9 heavy (non-hydrogen) atoms. The van der Waals surface area contributed by atoms with Gasteiger partial charge in [0.05, 0.1) is 0 Å². The Morgan fingerprint density at radius 3 is 3.11 bits per heavy atom. The summed E-state index contributed by atoms with van der Waals surface area (Å²) in [5.41, 5.74) is 1.60. The van der Waals surface area contributed by atoms with Crippen LogP contribution in [0, 0.1) is 5.92 Å². The van der Waals surface area contributed by atoms with E-state index in [9.17, 15) is 0 Å². The van der Waals surface area contributed by atoms with E-state index in [1.54, 1.807) is 5.57 Å². The van der Waals surface area contributed by atoms with Gasteiger partial charge in [-0.1, -0.05) is 25.0 Å². The lowest BCUT2D eigenvalue weighted by atomic mass is 10.0. The van der Waals surface area contributed by atoms with Crippen molar-refractivity contribution in [1.82, 2.24) is 0 Å². The van der Waals surface area contributed by atoms with Gasteiger partial charge in [-0.05, 0) is 32.1 Å². The molecule has 0 fully saturated rings. The molecule has 1 aliphatic carbocycles. The Balaban J connectivity index is 2.44. The van der Waals surface area contributed by atoms with Crippen molar-refractivity contribution in [3.63, 3.8) is 0 Å². The molecule has 0 aromatic rings. The van der Waals surface area contributed by atoms with E-state index in [2.05, 4.69) is 19.9 Å². The summed E-state index contributed by atoms with van der Waals surface area (Å²) in [6.45, 7) is 4.60. The first-order chi connectivity index (χ1) is 4.29. The van der Waals surface area contributed by atoms with Gasteiger partial charge in [0.25, 0.3) is 0 Å². The Kier molecular flexibility index (Phi) is 2.32. The van der Waals surface area contributed by atoms with Crippen LogP contribution in [0.1, 0.15) is 39.5 Å². The highest BCUT2D eigenvalue weighted by atomic mass is 14.1. The smallest absolute Gasteiger partial charge is 0.0297 e. The van der Waals surface area contributed by atoms with E-state index in [0.717, 1.165) is 5.92 Å². The summed E-state index contributed by atoms with van der Waals surface area (Å²) in [4.78, 5) is 0. The molecule has 0 bridgehead atoms. The van der Waals surface area contributed by atoms with Crippen LogP contribution in [0.4, 0.5) is 0 Å². The van der Waals surface area contributed by atoms with Crippen LogP contribution in [-0.2, 0) is 0 Å². The van der Waals surface area contributed by atoms with Crippen molar-refractivity contribution in [2.24, 2.45) is 5.92 Å². The van der Waals surface area contributed by atoms with Crippen molar-refractivity contribution in [2.75, 3.05) is 0 Å². The zero-order chi connectivity index (χ0) is 6.69. The SMILES string of the molecule is CC1=CCCCC(C)C1. The van der Waals surface area contributed by atoms with Crippen LogP contribution in [0.3, 0.4) is 0 Å². The molecule has 0 aliphatic heterocycles. The highest BCUT2D eigenvalue weighted by molar-refractivity contribution is 5.00. The minimum Gasteiger partial charge on any atom is -0.0856 e. The van der Waals surface area contributed by atoms with Crippen LogP contribution in [0.2, 0.25) is 0 Å². The minimum absolute atomic E-state index is 0.934. The summed E-state index contributed by atoms with van der Waals surface area (Å²) < 4.78 is 0. The molecule has 0 amide bonds. The largest absolute Gasteiger partial charge is 0.0856 e. The van der Waals surface area contributed by atoms with Gasteiger partial charge in [0, 0.05) is 0 Å². The summed E-state index contributed by atoms with van der Waals surface area (Å²) in [5.74, 6) is 0.934. The summed E-state index contributed by atoms with van der Waals surface area (Å²) in [5, 5.41) is 0. The fourth-order valence-corrected chi connectivity index (χ4v) is 1.55. The third-order valence-electron chi connectivity index (χ3n) is 2.06. The van der Waals surface area contributed by atoms with Crippen LogP contribution < -0.4 is 0 Å². The third-order valence-corrected chi connectivity index (χ3v) is 2.06. The molecule has 0 N–H and O–H groups in total. The molecule has 0 aromatic carbocycles. The Labute approximate surface area is 58.0 Å². The van der Waals surface area contributed by atoms with Gasteiger partial charge in [0.15, 0.2) is 0 Å². The molecule has 1 unspecified atom stereocenters. The fraction of sp³-hybridized carbons (Fsp3) is 0.778. The van der Waals surface area contributed by atoms with Crippen LogP contribution in [0.25, 0.3) is 0 Å². The molecule has 0 nitrogen and oxygen atoms in total. The van der Waals surface area contributed by atoms with Gasteiger partial charge >= 0.3 is 0 Å². The molecule has 0 aromatic heterocycles. The molecular weight excluding hydrogens is 108 g/mol. The van der Waals surface area contributed by atoms with Crippen molar-refractivity contribution in [3.8, 4) is 0 Å². The Morgan fingerprint density at radius 1 is 1.56 bits per heavy atom. The van der Waals surface area contributed by atoms with Crippen LogP contribution in [0.5, 0.6) is 0 Å². The second-order valence-electron chi connectivity index (χ2n) is 3.29. The Morgan fingerprint density at radius 2 is 2.33 bits per heavy atom. The lowest BCUT2D eigenvalue weighted by molar-refractivity contribution is 0.524. The van der Waals surface area contributed by atoms with E-state index in [1.807, 2.05) is 0 Å². The summed E-state index contributed by atoms with van der Waals surface area (Å²) >= 11 is 0. The average Bonchev–Trinajstić information content (AvgIpc) is 1.93. The molecule has 1 rings (SSSR count). The zero-order valence-corrected chi connectivity index (χ0v) is 6.48. The standard InChI is InChI=1S/C9H16/c1-8-5-3-4-6-9(2)7-8/h5,9H,3-4,6-7H2,1-2H3. The van der Waals surface area contributed by atoms with Gasteiger partial charge < -0.3 is 0 Å². The lowest BCUT2D eigenvalue weighted by Crippen LogP contribution is -1.91. The van der Waals surface area contributed by atoms with E-state index < -0.39 is 0 Å². The number of allylic oxidation sites excluding steroid dienone is 2. The van der Waals surface area contributed by atoms with E-state index in [1.165, 1.54) is 25.7 Å². The van der Waals surface area contributed by atoms with Crippen LogP contribution in [-0.4, -0.2) is 0 Å².